The molecule has 0 aliphatic carbocycles. The Balaban J connectivity index is 2.63. The van der Waals surface area contributed by atoms with Gasteiger partial charge in [-0.25, -0.2) is 0 Å². The lowest BCUT2D eigenvalue weighted by atomic mass is 10.2. The van der Waals surface area contributed by atoms with E-state index in [0.29, 0.717) is 23.1 Å². The normalized spacial score (nSPS) is 10.9. The van der Waals surface area contributed by atoms with Crippen molar-refractivity contribution in [1.82, 2.24) is 4.90 Å². The highest BCUT2D eigenvalue weighted by Gasteiger charge is 2.08. The second-order valence-corrected chi connectivity index (χ2v) is 5.11. The molecule has 3 N–H and O–H groups in total. The number of amidine groups is 1. The van der Waals surface area contributed by atoms with Crippen molar-refractivity contribution in [3.63, 3.8) is 0 Å². The minimum absolute atomic E-state index is 0.191. The molecule has 0 radical (unpaired) electrons. The first-order chi connectivity index (χ1) is 9.02. The number of nitrogens with zero attached hydrogens (tertiary/aromatic N) is 1. The number of hydrogen-bond acceptors (Lipinski definition) is 3. The third-order valence-corrected chi connectivity index (χ3v) is 3.44. The third-order valence-electron chi connectivity index (χ3n) is 2.70. The average molecular weight is 304 g/mol. The maximum Gasteiger partial charge on any atom is 0.0918 e. The van der Waals surface area contributed by atoms with Crippen LogP contribution in [0.1, 0.15) is 12.0 Å². The molecule has 6 heteroatoms. The van der Waals surface area contributed by atoms with Gasteiger partial charge in [0.1, 0.15) is 0 Å². The summed E-state index contributed by atoms with van der Waals surface area (Å²) in [6.45, 7) is 2.87. The Morgan fingerprint density at radius 2 is 2.05 bits per heavy atom. The van der Waals surface area contributed by atoms with Crippen molar-refractivity contribution in [2.45, 2.75) is 13.0 Å². The zero-order chi connectivity index (χ0) is 14.3. The van der Waals surface area contributed by atoms with Crippen LogP contribution >= 0.6 is 23.2 Å². The van der Waals surface area contributed by atoms with Gasteiger partial charge in [-0.15, -0.1) is 0 Å². The second kappa shape index (κ2) is 8.38. The van der Waals surface area contributed by atoms with E-state index < -0.39 is 0 Å². The van der Waals surface area contributed by atoms with E-state index >= 15 is 0 Å². The minimum atomic E-state index is 0.191. The van der Waals surface area contributed by atoms with Crippen LogP contribution in [0.15, 0.2) is 18.2 Å². The molecule has 1 aromatic carbocycles. The molecule has 1 aromatic rings. The molecule has 0 bridgehead atoms. The summed E-state index contributed by atoms with van der Waals surface area (Å²) in [6, 6.07) is 5.60. The van der Waals surface area contributed by atoms with Gasteiger partial charge < -0.3 is 10.5 Å². The third kappa shape index (κ3) is 6.25. The summed E-state index contributed by atoms with van der Waals surface area (Å²) >= 11 is 11.9. The largest absolute Gasteiger partial charge is 0.388 e. The highest BCUT2D eigenvalue weighted by molar-refractivity contribution is 6.42. The summed E-state index contributed by atoms with van der Waals surface area (Å²) in [5.41, 5.74) is 6.47. The van der Waals surface area contributed by atoms with Crippen molar-refractivity contribution in [3.05, 3.63) is 33.8 Å². The monoisotopic (exact) mass is 303 g/mol. The Kier molecular flexibility index (Phi) is 7.16. The highest BCUT2D eigenvalue weighted by Crippen LogP contribution is 2.23. The van der Waals surface area contributed by atoms with Crippen molar-refractivity contribution in [2.75, 3.05) is 26.8 Å². The van der Waals surface area contributed by atoms with Gasteiger partial charge in [0.15, 0.2) is 0 Å². The molecule has 1 rings (SSSR count). The lowest BCUT2D eigenvalue weighted by Crippen LogP contribution is -2.30. The molecule has 0 saturated heterocycles. The van der Waals surface area contributed by atoms with Gasteiger partial charge in [-0.05, 0) is 17.7 Å². The van der Waals surface area contributed by atoms with E-state index in [9.17, 15) is 0 Å². The van der Waals surface area contributed by atoms with Crippen LogP contribution in [-0.2, 0) is 11.3 Å². The molecule has 0 heterocycles. The van der Waals surface area contributed by atoms with Crippen LogP contribution in [0.2, 0.25) is 10.0 Å². The fraction of sp³-hybridized carbons (Fsp3) is 0.462. The van der Waals surface area contributed by atoms with Crippen LogP contribution in [0, 0.1) is 5.41 Å². The molecule has 0 spiro atoms. The Morgan fingerprint density at radius 1 is 1.32 bits per heavy atom. The van der Waals surface area contributed by atoms with E-state index in [1.165, 1.54) is 0 Å². The number of nitrogens with one attached hydrogen (secondary N) is 1. The number of methoxy groups -OCH3 is 1. The van der Waals surface area contributed by atoms with Gasteiger partial charge in [-0.2, -0.15) is 0 Å². The summed E-state index contributed by atoms with van der Waals surface area (Å²) in [5, 5.41) is 8.39. The summed E-state index contributed by atoms with van der Waals surface area (Å²) in [7, 11) is 1.67. The van der Waals surface area contributed by atoms with Crippen LogP contribution < -0.4 is 5.73 Å². The molecule has 0 atom stereocenters. The zero-order valence-electron chi connectivity index (χ0n) is 11.0. The Labute approximate surface area is 123 Å². The number of halogens is 2. The maximum atomic E-state index is 7.29. The predicted octanol–water partition coefficient (Wildman–Crippen LogP) is 2.77. The first-order valence-corrected chi connectivity index (χ1v) is 6.76. The standard InChI is InChI=1S/C13H19Cl2N3O/c1-19-7-6-18(5-4-13(16)17)9-10-2-3-11(14)12(15)8-10/h2-3,8H,4-7,9H2,1H3,(H3,16,17). The van der Waals surface area contributed by atoms with E-state index in [4.69, 9.17) is 39.1 Å². The van der Waals surface area contributed by atoms with E-state index in [1.807, 2.05) is 12.1 Å². The van der Waals surface area contributed by atoms with E-state index in [1.54, 1.807) is 13.2 Å². The molecule has 0 aliphatic heterocycles. The fourth-order valence-corrected chi connectivity index (χ4v) is 1.99. The molecule has 106 valence electrons. The Morgan fingerprint density at radius 3 is 2.63 bits per heavy atom. The summed E-state index contributed by atoms with van der Waals surface area (Å²) in [6.07, 6.45) is 0.547. The maximum absolute atomic E-state index is 7.29. The van der Waals surface area contributed by atoms with Crippen LogP contribution in [0.3, 0.4) is 0 Å². The molecule has 19 heavy (non-hydrogen) atoms. The smallest absolute Gasteiger partial charge is 0.0918 e. The minimum Gasteiger partial charge on any atom is -0.388 e. The number of hydrogen-bond donors (Lipinski definition) is 2. The average Bonchev–Trinajstić information content (AvgIpc) is 2.37. The van der Waals surface area contributed by atoms with Crippen LogP contribution in [0.5, 0.6) is 0 Å². The van der Waals surface area contributed by atoms with Crippen molar-refractivity contribution < 1.29 is 4.74 Å². The molecule has 0 aromatic heterocycles. The second-order valence-electron chi connectivity index (χ2n) is 4.29. The molecule has 0 unspecified atom stereocenters. The van der Waals surface area contributed by atoms with Crippen molar-refractivity contribution in [3.8, 4) is 0 Å². The van der Waals surface area contributed by atoms with Crippen LogP contribution in [0.25, 0.3) is 0 Å². The van der Waals surface area contributed by atoms with Crippen molar-refractivity contribution >= 4 is 29.0 Å². The molecule has 0 aliphatic rings. The first-order valence-electron chi connectivity index (χ1n) is 6.01. The fourth-order valence-electron chi connectivity index (χ4n) is 1.67. The summed E-state index contributed by atoms with van der Waals surface area (Å²) in [4.78, 5) is 2.17. The number of benzene rings is 1. The van der Waals surface area contributed by atoms with Gasteiger partial charge >= 0.3 is 0 Å². The molecule has 4 nitrogen and oxygen atoms in total. The first kappa shape index (κ1) is 16.2. The van der Waals surface area contributed by atoms with Gasteiger partial charge in [0.2, 0.25) is 0 Å². The van der Waals surface area contributed by atoms with Gasteiger partial charge in [0, 0.05) is 33.2 Å². The van der Waals surface area contributed by atoms with Crippen LogP contribution in [0.4, 0.5) is 0 Å². The molecule has 0 fully saturated rings. The highest BCUT2D eigenvalue weighted by atomic mass is 35.5. The van der Waals surface area contributed by atoms with Crippen LogP contribution in [-0.4, -0.2) is 37.5 Å². The van der Waals surface area contributed by atoms with E-state index in [-0.39, 0.29) is 5.84 Å². The lowest BCUT2D eigenvalue weighted by Gasteiger charge is -2.22. The summed E-state index contributed by atoms with van der Waals surface area (Å²) < 4.78 is 5.09. The van der Waals surface area contributed by atoms with Gasteiger partial charge in [0.25, 0.3) is 0 Å². The Bertz CT molecular complexity index is 426. The predicted molar refractivity (Wildman–Crippen MR) is 80.1 cm³/mol. The molecular weight excluding hydrogens is 285 g/mol. The number of ether oxygens (including phenoxy) is 1. The van der Waals surface area contributed by atoms with Gasteiger partial charge in [-0.1, -0.05) is 29.3 Å². The molecule has 0 amide bonds. The van der Waals surface area contributed by atoms with E-state index in [0.717, 1.165) is 25.2 Å². The van der Waals surface area contributed by atoms with Gasteiger partial charge in [0.05, 0.1) is 22.5 Å². The molecule has 0 saturated carbocycles. The topological polar surface area (TPSA) is 62.3 Å². The summed E-state index contributed by atoms with van der Waals surface area (Å²) in [5.74, 6) is 0.191. The number of rotatable bonds is 8. The number of nitrogens with two attached hydrogens (primary N) is 1. The molecular formula is C13H19Cl2N3O. The van der Waals surface area contributed by atoms with Crippen molar-refractivity contribution in [2.24, 2.45) is 5.73 Å². The Hall–Kier alpha value is -0.810. The van der Waals surface area contributed by atoms with Gasteiger partial charge in [-0.3, -0.25) is 10.3 Å². The zero-order valence-corrected chi connectivity index (χ0v) is 12.5. The quantitative estimate of drug-likeness (QED) is 0.573. The van der Waals surface area contributed by atoms with E-state index in [2.05, 4.69) is 4.90 Å². The SMILES string of the molecule is COCCN(CCC(=N)N)Cc1ccc(Cl)c(Cl)c1. The lowest BCUT2D eigenvalue weighted by molar-refractivity contribution is 0.145. The van der Waals surface area contributed by atoms with Crippen molar-refractivity contribution in [1.29, 1.82) is 5.41 Å².